The Morgan fingerprint density at radius 3 is 2.52 bits per heavy atom. The molecular formula is C21H23N3O. The molecule has 0 aliphatic heterocycles. The minimum absolute atomic E-state index is 0.100. The summed E-state index contributed by atoms with van der Waals surface area (Å²) >= 11 is 0. The van der Waals surface area contributed by atoms with E-state index in [1.165, 1.54) is 0 Å². The molecule has 0 unspecified atom stereocenters. The third kappa shape index (κ3) is 3.68. The van der Waals surface area contributed by atoms with Crippen molar-refractivity contribution in [1.82, 2.24) is 15.0 Å². The molecule has 2 aromatic heterocycles. The first-order valence-corrected chi connectivity index (χ1v) is 8.33. The van der Waals surface area contributed by atoms with Crippen molar-refractivity contribution in [2.45, 2.75) is 33.1 Å². The number of nitrogens with zero attached hydrogens (tertiary/aromatic N) is 3. The molecule has 4 nitrogen and oxygen atoms in total. The number of methoxy groups -OCH3 is 1. The number of aromatic nitrogens is 3. The van der Waals surface area contributed by atoms with Gasteiger partial charge in [0.15, 0.2) is 5.82 Å². The van der Waals surface area contributed by atoms with E-state index in [4.69, 9.17) is 14.7 Å². The summed E-state index contributed by atoms with van der Waals surface area (Å²) in [7, 11) is 1.68. The van der Waals surface area contributed by atoms with E-state index in [1.807, 2.05) is 36.5 Å². The molecule has 0 N–H and O–H groups in total. The minimum atomic E-state index is -0.100. The summed E-state index contributed by atoms with van der Waals surface area (Å²) in [5.74, 6) is 1.45. The average molecular weight is 333 g/mol. The summed E-state index contributed by atoms with van der Waals surface area (Å²) in [4.78, 5) is 13.7. The highest BCUT2D eigenvalue weighted by Crippen LogP contribution is 2.33. The third-order valence-electron chi connectivity index (χ3n) is 3.97. The highest BCUT2D eigenvalue weighted by atomic mass is 16.5. The second-order valence-corrected chi connectivity index (χ2v) is 7.16. The molecule has 0 saturated heterocycles. The zero-order valence-corrected chi connectivity index (χ0v) is 15.4. The number of rotatable bonds is 3. The van der Waals surface area contributed by atoms with E-state index < -0.39 is 0 Å². The van der Waals surface area contributed by atoms with Crippen LogP contribution in [0.5, 0.6) is 5.75 Å². The van der Waals surface area contributed by atoms with E-state index in [-0.39, 0.29) is 5.41 Å². The normalized spacial score (nSPS) is 12.0. The minimum Gasteiger partial charge on any atom is -0.494 e. The zero-order chi connectivity index (χ0) is 18.0. The maximum Gasteiger partial charge on any atom is 0.153 e. The van der Waals surface area contributed by atoms with Crippen molar-refractivity contribution in [3.63, 3.8) is 0 Å². The largest absolute Gasteiger partial charge is 0.494 e. The van der Waals surface area contributed by atoms with Crippen molar-refractivity contribution in [3.8, 4) is 5.75 Å². The van der Waals surface area contributed by atoms with Crippen LogP contribution in [0.15, 0.2) is 36.7 Å². The fourth-order valence-corrected chi connectivity index (χ4v) is 2.80. The zero-order valence-electron chi connectivity index (χ0n) is 15.4. The Kier molecular flexibility index (Phi) is 4.53. The van der Waals surface area contributed by atoms with Gasteiger partial charge in [-0.05, 0) is 48.4 Å². The Morgan fingerprint density at radius 1 is 1.08 bits per heavy atom. The van der Waals surface area contributed by atoms with Crippen LogP contribution in [0, 0.1) is 6.92 Å². The molecule has 3 rings (SSSR count). The van der Waals surface area contributed by atoms with Gasteiger partial charge in [0.25, 0.3) is 0 Å². The molecule has 1 aromatic carbocycles. The lowest BCUT2D eigenvalue weighted by molar-refractivity contribution is 0.418. The van der Waals surface area contributed by atoms with Crippen LogP contribution in [0.1, 0.15) is 43.4 Å². The molecule has 0 amide bonds. The third-order valence-corrected chi connectivity index (χ3v) is 3.97. The van der Waals surface area contributed by atoms with E-state index in [2.05, 4.69) is 38.7 Å². The van der Waals surface area contributed by atoms with Crippen LogP contribution in [0.3, 0.4) is 0 Å². The predicted octanol–water partition coefficient (Wildman–Crippen LogP) is 4.81. The summed E-state index contributed by atoms with van der Waals surface area (Å²) in [6.07, 6.45) is 7.47. The molecule has 0 fully saturated rings. The monoisotopic (exact) mass is 333 g/mol. The van der Waals surface area contributed by atoms with Gasteiger partial charge in [-0.25, -0.2) is 9.97 Å². The number of aryl methyl sites for hydroxylation is 1. The van der Waals surface area contributed by atoms with Gasteiger partial charge >= 0.3 is 0 Å². The van der Waals surface area contributed by atoms with E-state index >= 15 is 0 Å². The van der Waals surface area contributed by atoms with Crippen molar-refractivity contribution in [3.05, 3.63) is 59.3 Å². The van der Waals surface area contributed by atoms with Crippen molar-refractivity contribution in [2.24, 2.45) is 0 Å². The molecule has 0 atom stereocenters. The van der Waals surface area contributed by atoms with E-state index in [0.717, 1.165) is 33.5 Å². The number of benzene rings is 1. The first-order valence-electron chi connectivity index (χ1n) is 8.33. The van der Waals surface area contributed by atoms with Crippen LogP contribution in [-0.2, 0) is 5.41 Å². The molecular weight excluding hydrogens is 310 g/mol. The summed E-state index contributed by atoms with van der Waals surface area (Å²) in [5.41, 5.74) is 3.91. The first kappa shape index (κ1) is 17.1. The molecule has 0 bridgehead atoms. The Hall–Kier alpha value is -2.75. The SMILES string of the molecule is COc1cc(C)cc2c(C(C)(C)C)nc(/C=C/c3cccnc3)nc12. The molecule has 0 saturated carbocycles. The molecule has 0 radical (unpaired) electrons. The highest BCUT2D eigenvalue weighted by molar-refractivity contribution is 5.89. The Morgan fingerprint density at radius 2 is 1.88 bits per heavy atom. The van der Waals surface area contributed by atoms with Crippen LogP contribution in [-0.4, -0.2) is 22.1 Å². The van der Waals surface area contributed by atoms with Gasteiger partial charge in [0, 0.05) is 23.2 Å². The smallest absolute Gasteiger partial charge is 0.153 e. The average Bonchev–Trinajstić information content (AvgIpc) is 2.58. The fraction of sp³-hybridized carbons (Fsp3) is 0.286. The van der Waals surface area contributed by atoms with Crippen LogP contribution in [0.4, 0.5) is 0 Å². The van der Waals surface area contributed by atoms with Gasteiger partial charge in [-0.3, -0.25) is 4.98 Å². The fourth-order valence-electron chi connectivity index (χ4n) is 2.80. The molecule has 128 valence electrons. The number of fused-ring (bicyclic) bond motifs is 1. The van der Waals surface area contributed by atoms with Crippen LogP contribution >= 0.6 is 0 Å². The van der Waals surface area contributed by atoms with Crippen LogP contribution in [0.2, 0.25) is 0 Å². The van der Waals surface area contributed by atoms with E-state index in [1.54, 1.807) is 13.3 Å². The van der Waals surface area contributed by atoms with Crippen molar-refractivity contribution in [1.29, 1.82) is 0 Å². The van der Waals surface area contributed by atoms with Crippen LogP contribution in [0.25, 0.3) is 23.1 Å². The summed E-state index contributed by atoms with van der Waals surface area (Å²) in [5, 5.41) is 1.04. The summed E-state index contributed by atoms with van der Waals surface area (Å²) < 4.78 is 5.57. The maximum atomic E-state index is 5.57. The lowest BCUT2D eigenvalue weighted by Crippen LogP contribution is -2.16. The highest BCUT2D eigenvalue weighted by Gasteiger charge is 2.22. The summed E-state index contributed by atoms with van der Waals surface area (Å²) in [6.45, 7) is 8.55. The number of pyridine rings is 1. The van der Waals surface area contributed by atoms with Crippen LogP contribution < -0.4 is 4.74 Å². The Bertz CT molecular complexity index is 925. The number of ether oxygens (including phenoxy) is 1. The Labute approximate surface area is 148 Å². The standard InChI is InChI=1S/C21H23N3O/c1-14-11-16-19(17(12-14)25-5)23-18(24-20(16)21(2,3)4)9-8-15-7-6-10-22-13-15/h6-13H,1-5H3/b9-8+. The molecule has 25 heavy (non-hydrogen) atoms. The first-order chi connectivity index (χ1) is 11.9. The predicted molar refractivity (Wildman–Crippen MR) is 103 cm³/mol. The topological polar surface area (TPSA) is 47.9 Å². The number of hydrogen-bond acceptors (Lipinski definition) is 4. The van der Waals surface area contributed by atoms with E-state index in [0.29, 0.717) is 5.82 Å². The quantitative estimate of drug-likeness (QED) is 0.690. The van der Waals surface area contributed by atoms with Gasteiger partial charge in [0.2, 0.25) is 0 Å². The van der Waals surface area contributed by atoms with Gasteiger partial charge in [-0.2, -0.15) is 0 Å². The van der Waals surface area contributed by atoms with Gasteiger partial charge in [0.05, 0.1) is 12.8 Å². The number of hydrogen-bond donors (Lipinski definition) is 0. The van der Waals surface area contributed by atoms with Gasteiger partial charge < -0.3 is 4.74 Å². The van der Waals surface area contributed by atoms with Gasteiger partial charge in [-0.1, -0.05) is 26.8 Å². The molecule has 4 heteroatoms. The molecule has 3 aromatic rings. The van der Waals surface area contributed by atoms with Crippen molar-refractivity contribution >= 4 is 23.1 Å². The molecule has 2 heterocycles. The van der Waals surface area contributed by atoms with Crippen molar-refractivity contribution in [2.75, 3.05) is 7.11 Å². The molecule has 0 aliphatic rings. The van der Waals surface area contributed by atoms with Gasteiger partial charge in [-0.15, -0.1) is 0 Å². The lowest BCUT2D eigenvalue weighted by atomic mass is 9.88. The van der Waals surface area contributed by atoms with Gasteiger partial charge in [0.1, 0.15) is 11.3 Å². The summed E-state index contributed by atoms with van der Waals surface area (Å²) in [6, 6.07) is 8.05. The Balaban J connectivity index is 2.21. The van der Waals surface area contributed by atoms with Crippen molar-refractivity contribution < 1.29 is 4.74 Å². The molecule has 0 spiro atoms. The second kappa shape index (κ2) is 6.63. The lowest BCUT2D eigenvalue weighted by Gasteiger charge is -2.21. The van der Waals surface area contributed by atoms with E-state index in [9.17, 15) is 0 Å². The molecule has 0 aliphatic carbocycles. The maximum absolute atomic E-state index is 5.57. The second-order valence-electron chi connectivity index (χ2n) is 7.16.